The Kier molecular flexibility index (Phi) is 7.52. The highest BCUT2D eigenvalue weighted by Gasteiger charge is 2.19. The smallest absolute Gasteiger partial charge is 0.331 e. The molecule has 4 nitrogen and oxygen atoms in total. The summed E-state index contributed by atoms with van der Waals surface area (Å²) < 4.78 is 19.5. The van der Waals surface area contributed by atoms with Crippen LogP contribution in [0.5, 0.6) is 0 Å². The maximum Gasteiger partial charge on any atom is 0.331 e. The molecule has 1 amide bonds. The normalized spacial score (nSPS) is 12.2. The molecule has 0 spiro atoms. The Morgan fingerprint density at radius 2 is 1.89 bits per heavy atom. The van der Waals surface area contributed by atoms with Crippen molar-refractivity contribution in [3.05, 3.63) is 69.5 Å². The monoisotopic (exact) mass is 447 g/mol. The van der Waals surface area contributed by atoms with Gasteiger partial charge in [0.2, 0.25) is 0 Å². The third kappa shape index (κ3) is 5.76. The molecule has 0 radical (unpaired) electrons. The Labute approximate surface area is 172 Å². The van der Waals surface area contributed by atoms with Crippen LogP contribution in [0, 0.1) is 12.7 Å². The topological polar surface area (TPSA) is 55.4 Å². The third-order valence-electron chi connectivity index (χ3n) is 4.19. The summed E-state index contributed by atoms with van der Waals surface area (Å²) in [7, 11) is 0. The summed E-state index contributed by atoms with van der Waals surface area (Å²) in [6, 6.07) is 10.2. The number of hydrogen-bond donors (Lipinski definition) is 1. The van der Waals surface area contributed by atoms with E-state index in [0.29, 0.717) is 4.47 Å². The molecule has 0 aliphatic rings. The molecule has 28 heavy (non-hydrogen) atoms. The fraction of sp³-hybridized carbons (Fsp3) is 0.273. The third-order valence-corrected chi connectivity index (χ3v) is 4.69. The Morgan fingerprint density at radius 1 is 1.18 bits per heavy atom. The first-order chi connectivity index (χ1) is 13.2. The van der Waals surface area contributed by atoms with E-state index in [1.54, 1.807) is 12.1 Å². The summed E-state index contributed by atoms with van der Waals surface area (Å²) >= 11 is 3.25. The van der Waals surface area contributed by atoms with Crippen LogP contribution >= 0.6 is 15.9 Å². The van der Waals surface area contributed by atoms with Crippen LogP contribution in [0.15, 0.2) is 46.9 Å². The summed E-state index contributed by atoms with van der Waals surface area (Å²) in [6.07, 6.45) is 1.41. The number of carbonyl (C=O) groups is 2. The van der Waals surface area contributed by atoms with Crippen LogP contribution in [0.1, 0.15) is 43.4 Å². The van der Waals surface area contributed by atoms with E-state index in [0.717, 1.165) is 22.9 Å². The van der Waals surface area contributed by atoms with Crippen LogP contribution in [0.4, 0.5) is 10.1 Å². The Balaban J connectivity index is 2.04. The fourth-order valence-electron chi connectivity index (χ4n) is 2.63. The lowest BCUT2D eigenvalue weighted by Crippen LogP contribution is -2.30. The number of amides is 1. The second-order valence-corrected chi connectivity index (χ2v) is 7.68. The summed E-state index contributed by atoms with van der Waals surface area (Å²) in [5, 5.41) is 2.85. The molecule has 1 unspecified atom stereocenters. The van der Waals surface area contributed by atoms with Gasteiger partial charge < -0.3 is 10.1 Å². The highest BCUT2D eigenvalue weighted by atomic mass is 79.9. The lowest BCUT2D eigenvalue weighted by molar-refractivity contribution is -0.148. The molecule has 2 aromatic carbocycles. The van der Waals surface area contributed by atoms with Crippen LogP contribution in [0.3, 0.4) is 0 Å². The van der Waals surface area contributed by atoms with Crippen molar-refractivity contribution >= 4 is 39.6 Å². The molecule has 0 heterocycles. The van der Waals surface area contributed by atoms with Gasteiger partial charge in [0, 0.05) is 21.8 Å². The summed E-state index contributed by atoms with van der Waals surface area (Å²) in [5.41, 5.74) is 2.92. The van der Waals surface area contributed by atoms with E-state index >= 15 is 0 Å². The zero-order valence-corrected chi connectivity index (χ0v) is 17.8. The molecule has 1 N–H and O–H groups in total. The largest absolute Gasteiger partial charge is 0.449 e. The van der Waals surface area contributed by atoms with Gasteiger partial charge in [0.05, 0.1) is 0 Å². The highest BCUT2D eigenvalue weighted by Crippen LogP contribution is 2.27. The van der Waals surface area contributed by atoms with Gasteiger partial charge in [0.15, 0.2) is 6.10 Å². The molecule has 2 aromatic rings. The summed E-state index contributed by atoms with van der Waals surface area (Å²) in [6.45, 7) is 7.49. The Bertz CT molecular complexity index is 909. The number of esters is 1. The van der Waals surface area contributed by atoms with E-state index in [1.807, 2.05) is 39.0 Å². The molecule has 0 saturated heterocycles. The highest BCUT2D eigenvalue weighted by molar-refractivity contribution is 9.10. The van der Waals surface area contributed by atoms with Crippen molar-refractivity contribution in [3.63, 3.8) is 0 Å². The number of rotatable bonds is 6. The van der Waals surface area contributed by atoms with Gasteiger partial charge in [-0.05, 0) is 55.2 Å². The van der Waals surface area contributed by atoms with Crippen molar-refractivity contribution in [2.45, 2.75) is 39.7 Å². The lowest BCUT2D eigenvalue weighted by atomic mass is 9.98. The van der Waals surface area contributed by atoms with E-state index in [4.69, 9.17) is 4.74 Å². The second kappa shape index (κ2) is 9.64. The van der Waals surface area contributed by atoms with Gasteiger partial charge in [0.1, 0.15) is 5.82 Å². The maximum atomic E-state index is 13.7. The predicted molar refractivity (Wildman–Crippen MR) is 113 cm³/mol. The van der Waals surface area contributed by atoms with Gasteiger partial charge in [-0.15, -0.1) is 0 Å². The van der Waals surface area contributed by atoms with Gasteiger partial charge in [-0.1, -0.05) is 48.0 Å². The molecule has 0 aromatic heterocycles. The van der Waals surface area contributed by atoms with E-state index in [-0.39, 0.29) is 11.5 Å². The zero-order valence-electron chi connectivity index (χ0n) is 16.3. The zero-order chi connectivity index (χ0) is 20.8. The quantitative estimate of drug-likeness (QED) is 0.462. The van der Waals surface area contributed by atoms with Crippen LogP contribution in [-0.4, -0.2) is 18.0 Å². The lowest BCUT2D eigenvalue weighted by Gasteiger charge is -2.18. The van der Waals surface area contributed by atoms with E-state index in [9.17, 15) is 14.0 Å². The number of carbonyl (C=O) groups excluding carboxylic acids is 2. The van der Waals surface area contributed by atoms with Crippen LogP contribution < -0.4 is 5.32 Å². The van der Waals surface area contributed by atoms with E-state index in [1.165, 1.54) is 19.1 Å². The van der Waals surface area contributed by atoms with Gasteiger partial charge in [-0.3, -0.25) is 4.79 Å². The van der Waals surface area contributed by atoms with Gasteiger partial charge in [0.25, 0.3) is 5.91 Å². The van der Waals surface area contributed by atoms with Crippen molar-refractivity contribution in [2.24, 2.45) is 0 Å². The molecule has 0 saturated carbocycles. The van der Waals surface area contributed by atoms with Crippen molar-refractivity contribution in [3.8, 4) is 0 Å². The van der Waals surface area contributed by atoms with E-state index < -0.39 is 23.8 Å². The molecule has 0 fully saturated rings. The van der Waals surface area contributed by atoms with Crippen molar-refractivity contribution in [2.75, 3.05) is 5.32 Å². The average molecular weight is 448 g/mol. The summed E-state index contributed by atoms with van der Waals surface area (Å²) in [4.78, 5) is 24.5. The fourth-order valence-corrected chi connectivity index (χ4v) is 3.01. The maximum absolute atomic E-state index is 13.7. The Morgan fingerprint density at radius 3 is 2.57 bits per heavy atom. The molecule has 0 aliphatic carbocycles. The van der Waals surface area contributed by atoms with Crippen molar-refractivity contribution in [1.82, 2.24) is 0 Å². The number of aryl methyl sites for hydroxylation is 1. The van der Waals surface area contributed by atoms with Crippen molar-refractivity contribution < 1.29 is 18.7 Å². The number of ether oxygens (including phenoxy) is 1. The minimum Gasteiger partial charge on any atom is -0.449 e. The molecule has 1 atom stereocenters. The van der Waals surface area contributed by atoms with Crippen LogP contribution in [0.2, 0.25) is 0 Å². The Hall–Kier alpha value is -2.47. The SMILES string of the molecule is Cc1cccc(C(C)C)c1NC(=O)C(C)OC(=O)/C=C/c1cc(Br)ccc1F. The number of para-hydroxylation sites is 1. The minimum atomic E-state index is -0.996. The first-order valence-corrected chi connectivity index (χ1v) is 9.72. The first-order valence-electron chi connectivity index (χ1n) is 8.93. The number of nitrogens with one attached hydrogen (secondary N) is 1. The van der Waals surface area contributed by atoms with Gasteiger partial charge in [-0.25, -0.2) is 9.18 Å². The van der Waals surface area contributed by atoms with Crippen LogP contribution in [-0.2, 0) is 14.3 Å². The number of benzene rings is 2. The molecule has 148 valence electrons. The molecule has 0 aliphatic heterocycles. The van der Waals surface area contributed by atoms with Crippen LogP contribution in [0.25, 0.3) is 6.08 Å². The molecular weight excluding hydrogens is 425 g/mol. The molecule has 6 heteroatoms. The summed E-state index contributed by atoms with van der Waals surface area (Å²) in [5.74, 6) is -1.38. The number of hydrogen-bond acceptors (Lipinski definition) is 3. The standard InChI is InChI=1S/C22H23BrFNO3/c1-13(2)18-7-5-6-14(3)21(18)25-22(27)15(4)28-20(26)11-8-16-12-17(23)9-10-19(16)24/h5-13,15H,1-4H3,(H,25,27)/b11-8+. The average Bonchev–Trinajstić information content (AvgIpc) is 2.63. The van der Waals surface area contributed by atoms with E-state index in [2.05, 4.69) is 21.2 Å². The minimum absolute atomic E-state index is 0.232. The van der Waals surface area contributed by atoms with Gasteiger partial charge >= 0.3 is 5.97 Å². The second-order valence-electron chi connectivity index (χ2n) is 6.76. The van der Waals surface area contributed by atoms with Gasteiger partial charge in [-0.2, -0.15) is 0 Å². The predicted octanol–water partition coefficient (Wildman–Crippen LogP) is 5.60. The first kappa shape index (κ1) is 21.8. The molecule has 2 rings (SSSR count). The number of halogens is 2. The molecular formula is C22H23BrFNO3. The number of anilines is 1. The molecule has 0 bridgehead atoms. The van der Waals surface area contributed by atoms with Crippen molar-refractivity contribution in [1.29, 1.82) is 0 Å².